The first kappa shape index (κ1) is 11.6. The molecule has 1 heterocycles. The molecule has 1 atom stereocenters. The summed E-state index contributed by atoms with van der Waals surface area (Å²) in [6.07, 6.45) is -0.649. The van der Waals surface area contributed by atoms with E-state index in [0.717, 1.165) is 10.6 Å². The van der Waals surface area contributed by atoms with Crippen molar-refractivity contribution in [1.29, 1.82) is 0 Å². The van der Waals surface area contributed by atoms with Crippen molar-refractivity contribution in [3.05, 3.63) is 35.9 Å². The molecule has 6 nitrogen and oxygen atoms in total. The van der Waals surface area contributed by atoms with Crippen LogP contribution in [0.4, 0.5) is 0 Å². The van der Waals surface area contributed by atoms with E-state index in [1.807, 2.05) is 30.3 Å². The Balaban J connectivity index is 2.12. The number of hydrazine groups is 1. The number of piperazine rings is 1. The van der Waals surface area contributed by atoms with Gasteiger partial charge in [0, 0.05) is 6.54 Å². The van der Waals surface area contributed by atoms with Crippen LogP contribution in [0.15, 0.2) is 30.3 Å². The van der Waals surface area contributed by atoms with E-state index in [9.17, 15) is 9.59 Å². The predicted octanol–water partition coefficient (Wildman–Crippen LogP) is -0.984. The van der Waals surface area contributed by atoms with Crippen LogP contribution in [0.3, 0.4) is 0 Å². The first-order valence-corrected chi connectivity index (χ1v) is 5.26. The van der Waals surface area contributed by atoms with Crippen molar-refractivity contribution in [2.45, 2.75) is 12.7 Å². The van der Waals surface area contributed by atoms with Gasteiger partial charge in [0.2, 0.25) is 0 Å². The molecule has 17 heavy (non-hydrogen) atoms. The lowest BCUT2D eigenvalue weighted by molar-refractivity contribution is -0.159. The van der Waals surface area contributed by atoms with Crippen molar-refractivity contribution in [1.82, 2.24) is 9.91 Å². The van der Waals surface area contributed by atoms with Crippen LogP contribution in [0.2, 0.25) is 0 Å². The fourth-order valence-corrected chi connectivity index (χ4v) is 1.73. The summed E-state index contributed by atoms with van der Waals surface area (Å²) in [5, 5.41) is 0.782. The molecule has 1 saturated heterocycles. The minimum absolute atomic E-state index is 0.246. The van der Waals surface area contributed by atoms with Gasteiger partial charge in [0.05, 0.1) is 6.54 Å². The molecule has 0 saturated carbocycles. The van der Waals surface area contributed by atoms with Crippen molar-refractivity contribution < 1.29 is 9.59 Å². The van der Waals surface area contributed by atoms with E-state index >= 15 is 0 Å². The van der Waals surface area contributed by atoms with Crippen LogP contribution in [0.25, 0.3) is 0 Å². The van der Waals surface area contributed by atoms with E-state index in [1.54, 1.807) is 0 Å². The Kier molecular flexibility index (Phi) is 3.08. The van der Waals surface area contributed by atoms with E-state index in [1.165, 1.54) is 4.90 Å². The van der Waals surface area contributed by atoms with Crippen molar-refractivity contribution in [3.8, 4) is 0 Å². The van der Waals surface area contributed by atoms with Crippen LogP contribution < -0.4 is 11.6 Å². The van der Waals surface area contributed by atoms with Gasteiger partial charge < -0.3 is 10.6 Å². The summed E-state index contributed by atoms with van der Waals surface area (Å²) in [6.45, 7) is 0.614. The zero-order valence-corrected chi connectivity index (χ0v) is 9.24. The number of hydrogen-bond donors (Lipinski definition) is 2. The quantitative estimate of drug-likeness (QED) is 0.390. The van der Waals surface area contributed by atoms with Gasteiger partial charge in [-0.05, 0) is 5.56 Å². The summed E-state index contributed by atoms with van der Waals surface area (Å²) in [5.74, 6) is 4.00. The zero-order chi connectivity index (χ0) is 12.4. The van der Waals surface area contributed by atoms with Crippen LogP contribution in [-0.4, -0.2) is 34.4 Å². The number of hydrogen-bond acceptors (Lipinski definition) is 4. The maximum absolute atomic E-state index is 11.7. The van der Waals surface area contributed by atoms with Gasteiger partial charge in [0.1, 0.15) is 6.17 Å². The second-order valence-electron chi connectivity index (χ2n) is 3.95. The Hall–Kier alpha value is -1.92. The average molecular weight is 234 g/mol. The normalized spacial score (nSPS) is 20.9. The second-order valence-corrected chi connectivity index (χ2v) is 3.95. The van der Waals surface area contributed by atoms with Gasteiger partial charge in [-0.15, -0.1) is 0 Å². The SMILES string of the molecule is NC1CN(Cc2ccccc2)C(=O)C(=O)N1N. The van der Waals surface area contributed by atoms with Gasteiger partial charge in [-0.1, -0.05) is 30.3 Å². The Morgan fingerprint density at radius 3 is 2.47 bits per heavy atom. The molecule has 90 valence electrons. The molecule has 0 aromatic heterocycles. The highest BCUT2D eigenvalue weighted by Gasteiger charge is 2.35. The first-order chi connectivity index (χ1) is 8.09. The van der Waals surface area contributed by atoms with E-state index in [0.29, 0.717) is 6.54 Å². The molecule has 1 unspecified atom stereocenters. The van der Waals surface area contributed by atoms with E-state index in [4.69, 9.17) is 11.6 Å². The van der Waals surface area contributed by atoms with E-state index in [-0.39, 0.29) is 6.54 Å². The lowest BCUT2D eigenvalue weighted by Gasteiger charge is -2.35. The van der Waals surface area contributed by atoms with Crippen LogP contribution >= 0.6 is 0 Å². The van der Waals surface area contributed by atoms with Crippen LogP contribution in [-0.2, 0) is 16.1 Å². The minimum atomic E-state index is -0.764. The Morgan fingerprint density at radius 2 is 1.82 bits per heavy atom. The highest BCUT2D eigenvalue weighted by molar-refractivity contribution is 6.35. The average Bonchev–Trinajstić information content (AvgIpc) is 2.35. The second kappa shape index (κ2) is 4.52. The molecule has 0 aliphatic carbocycles. The molecule has 0 bridgehead atoms. The van der Waals surface area contributed by atoms with Gasteiger partial charge in [0.25, 0.3) is 0 Å². The standard InChI is InChI=1S/C11H14N4O2/c12-9-7-14(10(16)11(17)15(9)13)6-8-4-2-1-3-5-8/h1-5,9H,6-7,12-13H2. The third kappa shape index (κ3) is 2.27. The molecule has 1 fully saturated rings. The predicted molar refractivity (Wildman–Crippen MR) is 60.9 cm³/mol. The number of amides is 2. The Labute approximate surface area is 98.7 Å². The van der Waals surface area contributed by atoms with Crippen LogP contribution in [0, 0.1) is 0 Å². The highest BCUT2D eigenvalue weighted by Crippen LogP contribution is 2.10. The summed E-state index contributed by atoms with van der Waals surface area (Å²) < 4.78 is 0. The van der Waals surface area contributed by atoms with E-state index < -0.39 is 18.0 Å². The van der Waals surface area contributed by atoms with Crippen LogP contribution in [0.1, 0.15) is 5.56 Å². The summed E-state index contributed by atoms with van der Waals surface area (Å²) >= 11 is 0. The molecule has 6 heteroatoms. The number of rotatable bonds is 2. The third-order valence-electron chi connectivity index (χ3n) is 2.69. The third-order valence-corrected chi connectivity index (χ3v) is 2.69. The summed E-state index contributed by atoms with van der Waals surface area (Å²) in [6, 6.07) is 9.41. The van der Waals surface area contributed by atoms with Crippen molar-refractivity contribution >= 4 is 11.8 Å². The van der Waals surface area contributed by atoms with Gasteiger partial charge >= 0.3 is 11.8 Å². The highest BCUT2D eigenvalue weighted by atomic mass is 16.2. The largest absolute Gasteiger partial charge is 0.327 e. The number of carbonyl (C=O) groups excluding carboxylic acids is 2. The number of carbonyl (C=O) groups is 2. The summed E-state index contributed by atoms with van der Waals surface area (Å²) in [4.78, 5) is 24.6. The maximum Gasteiger partial charge on any atom is 0.327 e. The molecular weight excluding hydrogens is 220 g/mol. The summed E-state index contributed by atoms with van der Waals surface area (Å²) in [7, 11) is 0. The molecule has 0 radical (unpaired) electrons. The lowest BCUT2D eigenvalue weighted by atomic mass is 10.2. The van der Waals surface area contributed by atoms with Gasteiger partial charge in [-0.2, -0.15) is 0 Å². The number of nitrogens with zero attached hydrogens (tertiary/aromatic N) is 2. The fraction of sp³-hybridized carbons (Fsp3) is 0.273. The number of benzene rings is 1. The van der Waals surface area contributed by atoms with Crippen molar-refractivity contribution in [2.24, 2.45) is 11.6 Å². The molecule has 1 aliphatic rings. The molecule has 2 amide bonds. The Morgan fingerprint density at radius 1 is 1.18 bits per heavy atom. The molecule has 4 N–H and O–H groups in total. The van der Waals surface area contributed by atoms with E-state index in [2.05, 4.69) is 0 Å². The van der Waals surface area contributed by atoms with Crippen LogP contribution in [0.5, 0.6) is 0 Å². The molecule has 1 aromatic carbocycles. The lowest BCUT2D eigenvalue weighted by Crippen LogP contribution is -2.64. The minimum Gasteiger partial charge on any atom is -0.327 e. The fourth-order valence-electron chi connectivity index (χ4n) is 1.73. The molecular formula is C11H14N4O2. The molecule has 1 aromatic rings. The maximum atomic E-state index is 11.7. The number of nitrogens with two attached hydrogens (primary N) is 2. The molecule has 0 spiro atoms. The molecule has 2 rings (SSSR count). The zero-order valence-electron chi connectivity index (χ0n) is 9.24. The van der Waals surface area contributed by atoms with Crippen molar-refractivity contribution in [3.63, 3.8) is 0 Å². The van der Waals surface area contributed by atoms with Gasteiger partial charge in [-0.25, -0.2) is 5.84 Å². The smallest absolute Gasteiger partial charge is 0.327 e. The summed E-state index contributed by atoms with van der Waals surface area (Å²) in [5.41, 5.74) is 6.61. The first-order valence-electron chi connectivity index (χ1n) is 5.26. The van der Waals surface area contributed by atoms with Crippen molar-refractivity contribution in [2.75, 3.05) is 6.54 Å². The van der Waals surface area contributed by atoms with Gasteiger partial charge in [0.15, 0.2) is 0 Å². The monoisotopic (exact) mass is 234 g/mol. The topological polar surface area (TPSA) is 92.7 Å². The van der Waals surface area contributed by atoms with Gasteiger partial charge in [-0.3, -0.25) is 14.6 Å². The Bertz CT molecular complexity index is 434. The molecule has 1 aliphatic heterocycles.